The van der Waals surface area contributed by atoms with Crippen LogP contribution in [0.4, 0.5) is 0 Å². The van der Waals surface area contributed by atoms with Gasteiger partial charge in [0.1, 0.15) is 0 Å². The third kappa shape index (κ3) is 6.85. The van der Waals surface area contributed by atoms with Crippen LogP contribution in [0.2, 0.25) is 0 Å². The number of nitrogens with one attached hydrogen (secondary N) is 2. The molecule has 0 aliphatic carbocycles. The first-order valence-electron chi connectivity index (χ1n) is 9.15. The molecule has 0 atom stereocenters. The molecule has 2 rings (SSSR count). The zero-order valence-corrected chi connectivity index (χ0v) is 18.2. The van der Waals surface area contributed by atoms with Crippen LogP contribution in [0.25, 0.3) is 0 Å². The molecule has 0 aliphatic rings. The summed E-state index contributed by atoms with van der Waals surface area (Å²) in [6, 6.07) is 17.1. The van der Waals surface area contributed by atoms with Gasteiger partial charge in [-0.15, -0.1) is 11.8 Å². The van der Waals surface area contributed by atoms with Gasteiger partial charge in [0.25, 0.3) is 0 Å². The molecule has 0 saturated heterocycles. The number of benzene rings is 2. The van der Waals surface area contributed by atoms with Crippen molar-refractivity contribution in [3.63, 3.8) is 0 Å². The van der Waals surface area contributed by atoms with Gasteiger partial charge in [-0.25, -0.2) is 17.7 Å². The van der Waals surface area contributed by atoms with Crippen molar-refractivity contribution in [2.75, 3.05) is 32.9 Å². The molecular weight excluding hydrogens is 392 g/mol. The van der Waals surface area contributed by atoms with Crippen LogP contribution in [-0.4, -0.2) is 51.6 Å². The fourth-order valence-electron chi connectivity index (χ4n) is 2.34. The molecule has 28 heavy (non-hydrogen) atoms. The second-order valence-corrected chi connectivity index (χ2v) is 9.53. The number of guanidine groups is 1. The minimum absolute atomic E-state index is 0.285. The number of nitrogens with zero attached hydrogens (tertiary/aromatic N) is 2. The Morgan fingerprint density at radius 3 is 2.32 bits per heavy atom. The van der Waals surface area contributed by atoms with E-state index < -0.39 is 10.0 Å². The van der Waals surface area contributed by atoms with E-state index in [1.165, 1.54) is 23.3 Å². The number of hydrogen-bond acceptors (Lipinski definition) is 4. The second-order valence-electron chi connectivity index (χ2n) is 6.21. The first kappa shape index (κ1) is 22.3. The Morgan fingerprint density at radius 1 is 1.04 bits per heavy atom. The van der Waals surface area contributed by atoms with Gasteiger partial charge >= 0.3 is 0 Å². The number of thioether (sulfide) groups is 1. The van der Waals surface area contributed by atoms with E-state index in [1.807, 2.05) is 25.1 Å². The maximum atomic E-state index is 12.1. The molecule has 6 nitrogen and oxygen atoms in total. The Hall–Kier alpha value is -2.03. The van der Waals surface area contributed by atoms with E-state index in [-0.39, 0.29) is 4.90 Å². The molecule has 0 aromatic heterocycles. The third-order valence-corrected chi connectivity index (χ3v) is 6.72. The SMILES string of the molecule is CCNC(=NCc1ccc(S(=O)(=O)N(C)C)cc1)NCCSc1ccccc1. The molecule has 0 bridgehead atoms. The highest BCUT2D eigenvalue weighted by Crippen LogP contribution is 2.16. The van der Waals surface area contributed by atoms with Crippen LogP contribution in [0, 0.1) is 0 Å². The standard InChI is InChI=1S/C20H28N4O2S2/c1-4-21-20(22-14-15-27-18-8-6-5-7-9-18)23-16-17-10-12-19(13-11-17)28(25,26)24(2)3/h5-13H,4,14-16H2,1-3H3,(H2,21,22,23). The molecule has 0 heterocycles. The van der Waals surface area contributed by atoms with Crippen LogP contribution in [0.3, 0.4) is 0 Å². The van der Waals surface area contributed by atoms with Gasteiger partial charge in [0, 0.05) is 37.8 Å². The molecule has 0 saturated carbocycles. The van der Waals surface area contributed by atoms with E-state index in [4.69, 9.17) is 0 Å². The molecule has 2 N–H and O–H groups in total. The van der Waals surface area contributed by atoms with E-state index in [1.54, 1.807) is 36.0 Å². The summed E-state index contributed by atoms with van der Waals surface area (Å²) in [5.41, 5.74) is 0.952. The van der Waals surface area contributed by atoms with E-state index in [0.717, 1.165) is 30.4 Å². The summed E-state index contributed by atoms with van der Waals surface area (Å²) in [5, 5.41) is 6.56. The van der Waals surface area contributed by atoms with Gasteiger partial charge in [-0.05, 0) is 36.8 Å². The Balaban J connectivity index is 1.89. The summed E-state index contributed by atoms with van der Waals surface area (Å²) in [4.78, 5) is 6.11. The third-order valence-electron chi connectivity index (χ3n) is 3.87. The molecule has 0 fully saturated rings. The Bertz CT molecular complexity index is 852. The Labute approximate surface area is 172 Å². The van der Waals surface area contributed by atoms with Crippen molar-refractivity contribution < 1.29 is 8.42 Å². The van der Waals surface area contributed by atoms with Crippen molar-refractivity contribution in [1.82, 2.24) is 14.9 Å². The highest BCUT2D eigenvalue weighted by molar-refractivity contribution is 7.99. The van der Waals surface area contributed by atoms with E-state index in [0.29, 0.717) is 6.54 Å². The normalized spacial score (nSPS) is 12.2. The lowest BCUT2D eigenvalue weighted by molar-refractivity contribution is 0.520. The van der Waals surface area contributed by atoms with E-state index >= 15 is 0 Å². The summed E-state index contributed by atoms with van der Waals surface area (Å²) in [5.74, 6) is 1.69. The lowest BCUT2D eigenvalue weighted by atomic mass is 10.2. The largest absolute Gasteiger partial charge is 0.357 e. The number of aliphatic imine (C=N–C) groups is 1. The molecule has 0 spiro atoms. The average molecular weight is 421 g/mol. The van der Waals surface area contributed by atoms with Gasteiger partial charge in [-0.2, -0.15) is 0 Å². The second kappa shape index (κ2) is 11.1. The van der Waals surface area contributed by atoms with Crippen molar-refractivity contribution in [3.8, 4) is 0 Å². The summed E-state index contributed by atoms with van der Waals surface area (Å²) in [6.07, 6.45) is 0. The van der Waals surface area contributed by atoms with Crippen LogP contribution >= 0.6 is 11.8 Å². The minimum Gasteiger partial charge on any atom is -0.357 e. The quantitative estimate of drug-likeness (QED) is 0.282. The smallest absolute Gasteiger partial charge is 0.242 e. The lowest BCUT2D eigenvalue weighted by Crippen LogP contribution is -2.38. The van der Waals surface area contributed by atoms with Crippen molar-refractivity contribution in [1.29, 1.82) is 0 Å². The van der Waals surface area contributed by atoms with Gasteiger partial charge in [0.2, 0.25) is 10.0 Å². The molecule has 0 amide bonds. The predicted octanol–water partition coefficient (Wildman–Crippen LogP) is 2.78. The van der Waals surface area contributed by atoms with Crippen LogP contribution in [0.15, 0.2) is 69.4 Å². The fraction of sp³-hybridized carbons (Fsp3) is 0.350. The Kier molecular flexibility index (Phi) is 8.82. The molecule has 0 aliphatic heterocycles. The van der Waals surface area contributed by atoms with Crippen LogP contribution in [0.5, 0.6) is 0 Å². The minimum atomic E-state index is -3.40. The van der Waals surface area contributed by atoms with Gasteiger partial charge in [-0.3, -0.25) is 0 Å². The van der Waals surface area contributed by atoms with Crippen molar-refractivity contribution >= 4 is 27.7 Å². The lowest BCUT2D eigenvalue weighted by Gasteiger charge is -2.12. The van der Waals surface area contributed by atoms with Crippen molar-refractivity contribution in [2.24, 2.45) is 4.99 Å². The Morgan fingerprint density at radius 2 is 1.71 bits per heavy atom. The van der Waals surface area contributed by atoms with Gasteiger partial charge in [-0.1, -0.05) is 30.3 Å². The van der Waals surface area contributed by atoms with Crippen molar-refractivity contribution in [2.45, 2.75) is 23.3 Å². The topological polar surface area (TPSA) is 73.8 Å². The molecule has 152 valence electrons. The van der Waals surface area contributed by atoms with E-state index in [2.05, 4.69) is 27.8 Å². The summed E-state index contributed by atoms with van der Waals surface area (Å²) < 4.78 is 25.4. The molecule has 8 heteroatoms. The molecule has 0 unspecified atom stereocenters. The maximum Gasteiger partial charge on any atom is 0.242 e. The average Bonchev–Trinajstić information content (AvgIpc) is 2.70. The zero-order valence-electron chi connectivity index (χ0n) is 16.6. The van der Waals surface area contributed by atoms with Gasteiger partial charge in [0.15, 0.2) is 5.96 Å². The van der Waals surface area contributed by atoms with Crippen LogP contribution < -0.4 is 10.6 Å². The molecule has 0 radical (unpaired) electrons. The van der Waals surface area contributed by atoms with E-state index in [9.17, 15) is 8.42 Å². The maximum absolute atomic E-state index is 12.1. The number of rotatable bonds is 9. The molecular formula is C20H28N4O2S2. The van der Waals surface area contributed by atoms with Gasteiger partial charge < -0.3 is 10.6 Å². The monoisotopic (exact) mass is 420 g/mol. The van der Waals surface area contributed by atoms with Crippen molar-refractivity contribution in [3.05, 3.63) is 60.2 Å². The first-order valence-corrected chi connectivity index (χ1v) is 11.6. The summed E-state index contributed by atoms with van der Waals surface area (Å²) >= 11 is 1.79. The van der Waals surface area contributed by atoms with Crippen LogP contribution in [0.1, 0.15) is 12.5 Å². The zero-order chi connectivity index (χ0) is 20.4. The molecule has 2 aromatic rings. The first-order chi connectivity index (χ1) is 13.4. The molecule has 2 aromatic carbocycles. The van der Waals surface area contributed by atoms with Crippen LogP contribution in [-0.2, 0) is 16.6 Å². The highest BCUT2D eigenvalue weighted by Gasteiger charge is 2.16. The van der Waals surface area contributed by atoms with Gasteiger partial charge in [0.05, 0.1) is 11.4 Å². The summed E-state index contributed by atoms with van der Waals surface area (Å²) in [7, 11) is -0.349. The number of sulfonamides is 1. The number of hydrogen-bond donors (Lipinski definition) is 2. The fourth-order valence-corrected chi connectivity index (χ4v) is 4.04. The predicted molar refractivity (Wildman–Crippen MR) is 117 cm³/mol. The summed E-state index contributed by atoms with van der Waals surface area (Å²) in [6.45, 7) is 4.07. The highest BCUT2D eigenvalue weighted by atomic mass is 32.2.